The first-order valence-electron chi connectivity index (χ1n) is 4.83. The quantitative estimate of drug-likeness (QED) is 0.786. The van der Waals surface area contributed by atoms with Gasteiger partial charge in [-0.3, -0.25) is 0 Å². The summed E-state index contributed by atoms with van der Waals surface area (Å²) in [6.07, 6.45) is -3.85. The van der Waals surface area contributed by atoms with Crippen molar-refractivity contribution in [3.8, 4) is 0 Å². The molecule has 1 fully saturated rings. The molecule has 0 radical (unpaired) electrons. The van der Waals surface area contributed by atoms with Crippen LogP contribution in [0.15, 0.2) is 12.4 Å². The minimum atomic E-state index is -4.64. The molecule has 0 aromatic carbocycles. The number of β-amino-alcohol motifs (C(OH)–C–C–N with tert-alkyl or cyclic N) is 1. The third-order valence-electron chi connectivity index (χ3n) is 2.72. The van der Waals surface area contributed by atoms with E-state index < -0.39 is 18.3 Å². The molecule has 0 saturated carbocycles. The summed E-state index contributed by atoms with van der Waals surface area (Å²) in [6.45, 7) is -0.465. The molecule has 2 rings (SSSR count). The topological polar surface area (TPSA) is 49.2 Å². The fraction of sp³-hybridized carbons (Fsp3) is 0.556. The van der Waals surface area contributed by atoms with Gasteiger partial charge in [0.15, 0.2) is 5.60 Å². The van der Waals surface area contributed by atoms with Crippen LogP contribution in [0.1, 0.15) is 6.42 Å². The van der Waals surface area contributed by atoms with Crippen LogP contribution in [0.25, 0.3) is 0 Å². The Balaban J connectivity index is 2.18. The Bertz CT molecular complexity index is 428. The van der Waals surface area contributed by atoms with E-state index in [1.54, 1.807) is 0 Å². The normalized spacial score (nSPS) is 25.4. The average Bonchev–Trinajstić information content (AvgIpc) is 2.61. The molecule has 4 nitrogen and oxygen atoms in total. The molecule has 0 aliphatic carbocycles. The molecule has 1 unspecified atom stereocenters. The van der Waals surface area contributed by atoms with Crippen molar-refractivity contribution in [3.63, 3.8) is 0 Å². The highest BCUT2D eigenvalue weighted by Crippen LogP contribution is 2.38. The van der Waals surface area contributed by atoms with Gasteiger partial charge in [-0.15, -0.1) is 0 Å². The summed E-state index contributed by atoms with van der Waals surface area (Å²) >= 11 is 5.62. The molecule has 8 heteroatoms. The first kappa shape index (κ1) is 12.4. The Hall–Kier alpha value is -1.08. The lowest BCUT2D eigenvalue weighted by atomic mass is 10.0. The summed E-state index contributed by atoms with van der Waals surface area (Å²) in [6, 6.07) is 1.36. The Morgan fingerprint density at radius 1 is 1.41 bits per heavy atom. The molecule has 2 heterocycles. The van der Waals surface area contributed by atoms with E-state index in [2.05, 4.69) is 9.97 Å². The summed E-state index contributed by atoms with van der Waals surface area (Å²) in [5, 5.41) is 9.64. The van der Waals surface area contributed by atoms with Gasteiger partial charge in [0.2, 0.25) is 0 Å². The lowest BCUT2D eigenvalue weighted by Crippen LogP contribution is -2.47. The van der Waals surface area contributed by atoms with Crippen molar-refractivity contribution in [1.29, 1.82) is 0 Å². The molecular formula is C9H9ClF3N3O. The van der Waals surface area contributed by atoms with E-state index in [1.807, 2.05) is 0 Å². The Labute approximate surface area is 100 Å². The second-order valence-electron chi connectivity index (χ2n) is 3.90. The maximum atomic E-state index is 12.6. The van der Waals surface area contributed by atoms with Gasteiger partial charge in [-0.25, -0.2) is 9.97 Å². The number of aromatic nitrogens is 2. The number of nitrogens with zero attached hydrogens (tertiary/aromatic N) is 3. The summed E-state index contributed by atoms with van der Waals surface area (Å²) in [5.74, 6) is 0.283. The number of hydrogen-bond acceptors (Lipinski definition) is 4. The van der Waals surface area contributed by atoms with Gasteiger partial charge >= 0.3 is 6.18 Å². The first-order chi connectivity index (χ1) is 7.82. The van der Waals surface area contributed by atoms with Crippen LogP contribution in [0.3, 0.4) is 0 Å². The zero-order valence-electron chi connectivity index (χ0n) is 8.58. The van der Waals surface area contributed by atoms with Crippen molar-refractivity contribution in [3.05, 3.63) is 17.5 Å². The fourth-order valence-corrected chi connectivity index (χ4v) is 1.86. The maximum Gasteiger partial charge on any atom is 0.418 e. The second kappa shape index (κ2) is 3.99. The number of hydrogen-bond donors (Lipinski definition) is 1. The Kier molecular flexibility index (Phi) is 2.90. The highest BCUT2D eigenvalue weighted by Gasteiger charge is 2.57. The predicted molar refractivity (Wildman–Crippen MR) is 54.9 cm³/mol. The maximum absolute atomic E-state index is 12.6. The third-order valence-corrected chi connectivity index (χ3v) is 2.93. The van der Waals surface area contributed by atoms with Gasteiger partial charge in [0, 0.05) is 19.0 Å². The second-order valence-corrected chi connectivity index (χ2v) is 4.29. The van der Waals surface area contributed by atoms with Crippen LogP contribution in [0.5, 0.6) is 0 Å². The largest absolute Gasteiger partial charge is 0.418 e. The van der Waals surface area contributed by atoms with Gasteiger partial charge in [0.05, 0.1) is 6.54 Å². The predicted octanol–water partition coefficient (Wildman–Crippen LogP) is 1.63. The number of aliphatic hydroxyl groups is 1. The van der Waals surface area contributed by atoms with Crippen LogP contribution >= 0.6 is 11.6 Å². The van der Waals surface area contributed by atoms with Gasteiger partial charge < -0.3 is 10.0 Å². The molecule has 1 N–H and O–H groups in total. The van der Waals surface area contributed by atoms with E-state index in [0.29, 0.717) is 0 Å². The van der Waals surface area contributed by atoms with Crippen molar-refractivity contribution in [2.24, 2.45) is 0 Å². The standard InChI is InChI=1S/C9H9ClF3N3O/c10-6-3-7(15-5-14-6)16-2-1-8(17,4-16)9(11,12)13/h3,5,17H,1-2,4H2. The van der Waals surface area contributed by atoms with E-state index in [4.69, 9.17) is 11.6 Å². The monoisotopic (exact) mass is 267 g/mol. The van der Waals surface area contributed by atoms with E-state index in [1.165, 1.54) is 17.3 Å². The van der Waals surface area contributed by atoms with E-state index in [0.717, 1.165) is 0 Å². The molecule has 1 aromatic heterocycles. The zero-order valence-corrected chi connectivity index (χ0v) is 9.33. The molecule has 0 amide bonds. The van der Waals surface area contributed by atoms with Crippen molar-refractivity contribution in [2.75, 3.05) is 18.0 Å². The summed E-state index contributed by atoms with van der Waals surface area (Å²) < 4.78 is 37.7. The third kappa shape index (κ3) is 2.30. The summed E-state index contributed by atoms with van der Waals surface area (Å²) in [7, 11) is 0. The van der Waals surface area contributed by atoms with Crippen molar-refractivity contribution in [1.82, 2.24) is 9.97 Å². The summed E-state index contributed by atoms with van der Waals surface area (Å²) in [4.78, 5) is 8.79. The van der Waals surface area contributed by atoms with Crippen LogP contribution in [-0.2, 0) is 0 Å². The lowest BCUT2D eigenvalue weighted by molar-refractivity contribution is -0.250. The number of alkyl halides is 3. The molecule has 1 saturated heterocycles. The molecule has 0 bridgehead atoms. The highest BCUT2D eigenvalue weighted by atomic mass is 35.5. The fourth-order valence-electron chi connectivity index (χ4n) is 1.72. The molecule has 0 spiro atoms. The van der Waals surface area contributed by atoms with E-state index in [9.17, 15) is 18.3 Å². The van der Waals surface area contributed by atoms with Crippen LogP contribution in [0.2, 0.25) is 5.15 Å². The minimum absolute atomic E-state index is 0.0728. The summed E-state index contributed by atoms with van der Waals surface area (Å²) in [5.41, 5.74) is -2.68. The zero-order chi connectivity index (χ0) is 12.7. The Morgan fingerprint density at radius 3 is 2.65 bits per heavy atom. The molecule has 1 aliphatic heterocycles. The molecular weight excluding hydrogens is 259 g/mol. The van der Waals surface area contributed by atoms with Crippen LogP contribution in [-0.4, -0.2) is 39.9 Å². The Morgan fingerprint density at radius 2 is 2.12 bits per heavy atom. The van der Waals surface area contributed by atoms with Crippen molar-refractivity contribution < 1.29 is 18.3 Å². The smallest absolute Gasteiger partial charge is 0.379 e. The molecule has 1 atom stereocenters. The minimum Gasteiger partial charge on any atom is -0.379 e. The molecule has 17 heavy (non-hydrogen) atoms. The lowest BCUT2D eigenvalue weighted by Gasteiger charge is -2.26. The van der Waals surface area contributed by atoms with Gasteiger partial charge in [0.1, 0.15) is 17.3 Å². The van der Waals surface area contributed by atoms with Crippen molar-refractivity contribution >= 4 is 17.4 Å². The van der Waals surface area contributed by atoms with Gasteiger partial charge in [-0.2, -0.15) is 13.2 Å². The molecule has 1 aromatic rings. The highest BCUT2D eigenvalue weighted by molar-refractivity contribution is 6.29. The molecule has 1 aliphatic rings. The van der Waals surface area contributed by atoms with Crippen LogP contribution in [0, 0.1) is 0 Å². The number of rotatable bonds is 1. The van der Waals surface area contributed by atoms with E-state index in [-0.39, 0.29) is 23.9 Å². The molecule has 94 valence electrons. The van der Waals surface area contributed by atoms with Gasteiger partial charge in [-0.05, 0) is 0 Å². The number of anilines is 1. The average molecular weight is 268 g/mol. The van der Waals surface area contributed by atoms with Crippen LogP contribution in [0.4, 0.5) is 19.0 Å². The van der Waals surface area contributed by atoms with Crippen molar-refractivity contribution in [2.45, 2.75) is 18.2 Å². The SMILES string of the molecule is OC1(C(F)(F)F)CCN(c2cc(Cl)ncn2)C1. The first-order valence-corrected chi connectivity index (χ1v) is 5.21. The van der Waals surface area contributed by atoms with E-state index >= 15 is 0 Å². The van der Waals surface area contributed by atoms with Gasteiger partial charge in [0.25, 0.3) is 0 Å². The van der Waals surface area contributed by atoms with Crippen LogP contribution < -0.4 is 4.90 Å². The van der Waals surface area contributed by atoms with Gasteiger partial charge in [-0.1, -0.05) is 11.6 Å². The number of halogens is 4.